The first-order valence-electron chi connectivity index (χ1n) is 11.5. The van der Waals surface area contributed by atoms with Crippen LogP contribution in [0.3, 0.4) is 0 Å². The molecule has 0 saturated heterocycles. The molecule has 0 aliphatic rings. The molecule has 0 unspecified atom stereocenters. The second-order valence-electron chi connectivity index (χ2n) is 9.08. The molecule has 13 heteroatoms. The lowest BCUT2D eigenvalue weighted by Gasteiger charge is -2.28. The number of nitrogens with zero attached hydrogens (tertiary/aromatic N) is 1. The summed E-state index contributed by atoms with van der Waals surface area (Å²) in [5, 5.41) is 4.52. The topological polar surface area (TPSA) is 105 Å². The Hall–Kier alpha value is -3.87. The lowest BCUT2D eigenvalue weighted by atomic mass is 9.80. The van der Waals surface area contributed by atoms with E-state index >= 15 is 0 Å². The third-order valence-electron chi connectivity index (χ3n) is 5.91. The van der Waals surface area contributed by atoms with Crippen LogP contribution in [0.4, 0.5) is 33.3 Å². The quantitative estimate of drug-likeness (QED) is 0.360. The average molecular weight is 570 g/mol. The number of amides is 2. The van der Waals surface area contributed by atoms with Crippen molar-refractivity contribution in [2.75, 3.05) is 16.4 Å². The van der Waals surface area contributed by atoms with Crippen molar-refractivity contribution in [3.63, 3.8) is 0 Å². The third kappa shape index (κ3) is 6.96. The second-order valence-corrected chi connectivity index (χ2v) is 11.4. The van der Waals surface area contributed by atoms with Gasteiger partial charge in [-0.25, -0.2) is 17.2 Å². The number of anilines is 2. The van der Waals surface area contributed by atoms with Crippen molar-refractivity contribution >= 4 is 33.0 Å². The molecule has 39 heavy (non-hydrogen) atoms. The summed E-state index contributed by atoms with van der Waals surface area (Å²) in [4.78, 5) is 29.2. The highest BCUT2D eigenvalue weighted by Gasteiger charge is 2.41. The summed E-state index contributed by atoms with van der Waals surface area (Å²) in [7, 11) is -3.49. The van der Waals surface area contributed by atoms with Crippen molar-refractivity contribution in [1.82, 2.24) is 4.98 Å². The van der Waals surface area contributed by atoms with Crippen molar-refractivity contribution in [2.45, 2.75) is 43.7 Å². The highest BCUT2D eigenvalue weighted by molar-refractivity contribution is 7.91. The summed E-state index contributed by atoms with van der Waals surface area (Å²) in [6, 6.07) is 7.87. The third-order valence-corrected chi connectivity index (χ3v) is 7.63. The van der Waals surface area contributed by atoms with Gasteiger partial charge >= 0.3 is 6.18 Å². The molecule has 2 aromatic carbocycles. The first kappa shape index (κ1) is 29.7. The summed E-state index contributed by atoms with van der Waals surface area (Å²) in [6.07, 6.45) is -4.16. The Labute approximate surface area is 221 Å². The fourth-order valence-electron chi connectivity index (χ4n) is 3.63. The van der Waals surface area contributed by atoms with Gasteiger partial charge in [-0.2, -0.15) is 13.2 Å². The molecule has 2 N–H and O–H groups in total. The molecule has 0 spiro atoms. The molecule has 0 bridgehead atoms. The Balaban J connectivity index is 1.82. The Morgan fingerprint density at radius 3 is 2.18 bits per heavy atom. The molecule has 3 rings (SSSR count). The van der Waals surface area contributed by atoms with Crippen LogP contribution in [0.15, 0.2) is 59.6 Å². The minimum Gasteiger partial charge on any atom is -0.326 e. The monoisotopic (exact) mass is 569 g/mol. The van der Waals surface area contributed by atoms with Gasteiger partial charge in [0.05, 0.1) is 33.7 Å². The number of aromatic nitrogens is 1. The van der Waals surface area contributed by atoms with Gasteiger partial charge in [0.15, 0.2) is 9.84 Å². The molecule has 2 amide bonds. The maximum Gasteiger partial charge on any atom is 0.416 e. The molecule has 0 atom stereocenters. The highest BCUT2D eigenvalue weighted by Crippen LogP contribution is 2.39. The first-order chi connectivity index (χ1) is 18.0. The molecule has 0 saturated carbocycles. The van der Waals surface area contributed by atoms with Gasteiger partial charge < -0.3 is 10.6 Å². The van der Waals surface area contributed by atoms with E-state index in [0.29, 0.717) is 12.1 Å². The summed E-state index contributed by atoms with van der Waals surface area (Å²) in [6.45, 7) is 3.89. The zero-order valence-electron chi connectivity index (χ0n) is 21.0. The fraction of sp³-hybridized carbons (Fsp3) is 0.269. The number of hydrogen-bond donors (Lipinski definition) is 2. The SMILES string of the molecule is CCS(=O)(=O)c1ccc(CC(=O)Nc2ccc(C(C)(C)C(=O)Nc3ccc(F)cc3F)c(C(F)(F)F)c2)nc1. The fourth-order valence-corrected chi connectivity index (χ4v) is 4.45. The first-order valence-corrected chi connectivity index (χ1v) is 13.2. The van der Waals surface area contributed by atoms with Crippen molar-refractivity contribution in [3.8, 4) is 0 Å². The van der Waals surface area contributed by atoms with Crippen LogP contribution in [0, 0.1) is 11.6 Å². The van der Waals surface area contributed by atoms with E-state index in [4.69, 9.17) is 0 Å². The van der Waals surface area contributed by atoms with Gasteiger partial charge in [-0.3, -0.25) is 14.6 Å². The van der Waals surface area contributed by atoms with E-state index in [0.717, 1.165) is 24.4 Å². The molecule has 1 heterocycles. The zero-order valence-corrected chi connectivity index (χ0v) is 21.8. The van der Waals surface area contributed by atoms with E-state index in [1.54, 1.807) is 0 Å². The van der Waals surface area contributed by atoms with Crippen LogP contribution in [0.1, 0.15) is 37.6 Å². The van der Waals surface area contributed by atoms with Gasteiger partial charge in [-0.05, 0) is 55.8 Å². The molecule has 0 aliphatic carbocycles. The number of benzene rings is 2. The standard InChI is InChI=1S/C26H24F5N3O4S/c1-4-39(37,38)18-8-6-16(32-14-18)13-23(35)33-17-7-9-19(20(12-17)26(29,30)31)25(2,3)24(36)34-22-10-5-15(27)11-21(22)28/h5-12,14H,4,13H2,1-3H3,(H,33,35)(H,34,36). The van der Waals surface area contributed by atoms with Crippen LogP contribution in [-0.4, -0.2) is 31.0 Å². The summed E-state index contributed by atoms with van der Waals surface area (Å²) < 4.78 is 92.9. The van der Waals surface area contributed by atoms with Crippen LogP contribution in [-0.2, 0) is 37.4 Å². The lowest BCUT2D eigenvalue weighted by molar-refractivity contribution is -0.139. The summed E-state index contributed by atoms with van der Waals surface area (Å²) in [5.74, 6) is -3.80. The number of sulfone groups is 1. The summed E-state index contributed by atoms with van der Waals surface area (Å²) >= 11 is 0. The Morgan fingerprint density at radius 2 is 1.62 bits per heavy atom. The Morgan fingerprint density at radius 1 is 0.923 bits per heavy atom. The zero-order chi connectivity index (χ0) is 29.2. The van der Waals surface area contributed by atoms with Crippen LogP contribution < -0.4 is 10.6 Å². The number of hydrogen-bond acceptors (Lipinski definition) is 5. The van der Waals surface area contributed by atoms with E-state index in [9.17, 15) is 40.0 Å². The predicted octanol–water partition coefficient (Wildman–Crippen LogP) is 5.27. The number of rotatable bonds is 8. The van der Waals surface area contributed by atoms with Crippen LogP contribution >= 0.6 is 0 Å². The lowest BCUT2D eigenvalue weighted by Crippen LogP contribution is -2.37. The van der Waals surface area contributed by atoms with Crippen molar-refractivity contribution in [1.29, 1.82) is 0 Å². The number of carbonyl (C=O) groups is 2. The van der Waals surface area contributed by atoms with Gasteiger partial charge in [0, 0.05) is 23.6 Å². The Kier molecular flexibility index (Phi) is 8.44. The maximum absolute atomic E-state index is 14.0. The van der Waals surface area contributed by atoms with Crippen molar-refractivity contribution in [2.24, 2.45) is 0 Å². The van der Waals surface area contributed by atoms with Crippen molar-refractivity contribution < 1.29 is 40.0 Å². The van der Waals surface area contributed by atoms with Crippen molar-refractivity contribution in [3.05, 3.63) is 83.2 Å². The smallest absolute Gasteiger partial charge is 0.326 e. The molecule has 0 aliphatic heterocycles. The maximum atomic E-state index is 14.0. The molecule has 1 aromatic heterocycles. The number of nitrogens with one attached hydrogen (secondary N) is 2. The van der Waals surface area contributed by atoms with Gasteiger partial charge in [0.2, 0.25) is 11.8 Å². The van der Waals surface area contributed by atoms with E-state index in [1.165, 1.54) is 39.0 Å². The van der Waals surface area contributed by atoms with E-state index in [1.807, 2.05) is 0 Å². The van der Waals surface area contributed by atoms with Gasteiger partial charge in [0.25, 0.3) is 0 Å². The minimum absolute atomic E-state index is 0.0200. The van der Waals surface area contributed by atoms with Gasteiger partial charge in [0.1, 0.15) is 11.6 Å². The summed E-state index contributed by atoms with van der Waals surface area (Å²) in [5.41, 5.74) is -3.88. The molecule has 3 aromatic rings. The molecule has 208 valence electrons. The Bertz CT molecular complexity index is 1500. The largest absolute Gasteiger partial charge is 0.416 e. The highest BCUT2D eigenvalue weighted by atomic mass is 32.2. The minimum atomic E-state index is -4.92. The number of alkyl halides is 3. The van der Waals surface area contributed by atoms with Crippen LogP contribution in [0.25, 0.3) is 0 Å². The molecule has 7 nitrogen and oxygen atoms in total. The average Bonchev–Trinajstić information content (AvgIpc) is 2.85. The molecule has 0 radical (unpaired) electrons. The van der Waals surface area contributed by atoms with Gasteiger partial charge in [-0.15, -0.1) is 0 Å². The van der Waals surface area contributed by atoms with E-state index < -0.39 is 61.7 Å². The van der Waals surface area contributed by atoms with E-state index in [-0.39, 0.29) is 28.5 Å². The molecule has 0 fully saturated rings. The second kappa shape index (κ2) is 11.1. The molecular formula is C26H24F5N3O4S. The molecular weight excluding hydrogens is 545 g/mol. The number of carbonyl (C=O) groups excluding carboxylic acids is 2. The van der Waals surface area contributed by atoms with Gasteiger partial charge in [-0.1, -0.05) is 13.0 Å². The number of halogens is 5. The van der Waals surface area contributed by atoms with Crippen LogP contribution in [0.2, 0.25) is 0 Å². The normalized spacial score (nSPS) is 12.2. The van der Waals surface area contributed by atoms with E-state index in [2.05, 4.69) is 15.6 Å². The number of pyridine rings is 1. The van der Waals surface area contributed by atoms with Crippen LogP contribution in [0.5, 0.6) is 0 Å². The predicted molar refractivity (Wildman–Crippen MR) is 134 cm³/mol.